The molecular formula is C13H20ClNOS. The van der Waals surface area contributed by atoms with Crippen molar-refractivity contribution in [3.05, 3.63) is 29.3 Å². The van der Waals surface area contributed by atoms with Gasteiger partial charge >= 0.3 is 0 Å². The number of nitrogens with one attached hydrogen (secondary N) is 1. The average Bonchev–Trinajstić information content (AvgIpc) is 2.34. The summed E-state index contributed by atoms with van der Waals surface area (Å²) < 4.78 is 12.0. The Morgan fingerprint density at radius 2 is 2.12 bits per heavy atom. The molecule has 0 aromatic heterocycles. The molecule has 0 saturated heterocycles. The molecule has 0 aliphatic carbocycles. The summed E-state index contributed by atoms with van der Waals surface area (Å²) in [6.45, 7) is 5.28. The van der Waals surface area contributed by atoms with Crippen LogP contribution in [0, 0.1) is 0 Å². The van der Waals surface area contributed by atoms with Gasteiger partial charge in [0.25, 0.3) is 0 Å². The fraction of sp³-hybridized carbons (Fsp3) is 0.538. The highest BCUT2D eigenvalue weighted by Gasteiger charge is 2.09. The minimum Gasteiger partial charge on any atom is -0.314 e. The molecule has 0 fully saturated rings. The van der Waals surface area contributed by atoms with E-state index in [4.69, 9.17) is 11.6 Å². The second-order valence-corrected chi connectivity index (χ2v) is 6.07. The van der Waals surface area contributed by atoms with Gasteiger partial charge in [-0.05, 0) is 38.4 Å². The number of rotatable bonds is 7. The topological polar surface area (TPSA) is 29.1 Å². The molecule has 1 aromatic carbocycles. The van der Waals surface area contributed by atoms with Crippen LogP contribution in [0.4, 0.5) is 0 Å². The highest BCUT2D eigenvalue weighted by atomic mass is 35.5. The molecule has 0 radical (unpaired) electrons. The second-order valence-electron chi connectivity index (χ2n) is 4.12. The van der Waals surface area contributed by atoms with Crippen LogP contribution in [0.1, 0.15) is 26.7 Å². The van der Waals surface area contributed by atoms with E-state index in [1.807, 2.05) is 18.2 Å². The predicted molar refractivity (Wildman–Crippen MR) is 75.1 cm³/mol. The van der Waals surface area contributed by atoms with Crippen molar-refractivity contribution in [1.82, 2.24) is 5.32 Å². The van der Waals surface area contributed by atoms with Gasteiger partial charge in [-0.25, -0.2) is 0 Å². The number of halogens is 1. The molecule has 96 valence electrons. The van der Waals surface area contributed by atoms with Crippen molar-refractivity contribution in [3.63, 3.8) is 0 Å². The van der Waals surface area contributed by atoms with Gasteiger partial charge in [0.05, 0.1) is 20.7 Å². The first kappa shape index (κ1) is 14.7. The van der Waals surface area contributed by atoms with Gasteiger partial charge in [0.2, 0.25) is 0 Å². The smallest absolute Gasteiger partial charge is 0.0574 e. The quantitative estimate of drug-likeness (QED) is 0.826. The van der Waals surface area contributed by atoms with Crippen molar-refractivity contribution in [3.8, 4) is 0 Å². The van der Waals surface area contributed by atoms with Gasteiger partial charge < -0.3 is 5.32 Å². The lowest BCUT2D eigenvalue weighted by atomic mass is 10.2. The van der Waals surface area contributed by atoms with E-state index in [1.54, 1.807) is 6.07 Å². The molecule has 2 nitrogen and oxygen atoms in total. The van der Waals surface area contributed by atoms with E-state index in [0.29, 0.717) is 16.8 Å². The Kier molecular flexibility index (Phi) is 6.78. The largest absolute Gasteiger partial charge is 0.314 e. The van der Waals surface area contributed by atoms with Crippen molar-refractivity contribution in [2.24, 2.45) is 0 Å². The standard InChI is InChI=1S/C13H20ClNOS/c1-3-9-15-11(2)8-10-17(16)13-7-5-4-6-12(13)14/h4-7,11,15H,3,8-10H2,1-2H3. The van der Waals surface area contributed by atoms with E-state index in [2.05, 4.69) is 19.2 Å². The van der Waals surface area contributed by atoms with Crippen LogP contribution in [-0.2, 0) is 10.8 Å². The van der Waals surface area contributed by atoms with Gasteiger partial charge in [0, 0.05) is 11.8 Å². The first-order valence-electron chi connectivity index (χ1n) is 6.01. The predicted octanol–water partition coefficient (Wildman–Crippen LogP) is 3.23. The molecule has 0 spiro atoms. The lowest BCUT2D eigenvalue weighted by Crippen LogP contribution is -2.28. The molecule has 2 unspecified atom stereocenters. The summed E-state index contributed by atoms with van der Waals surface area (Å²) >= 11 is 6.01. The molecule has 1 N–H and O–H groups in total. The number of hydrogen-bond acceptors (Lipinski definition) is 2. The highest BCUT2D eigenvalue weighted by Crippen LogP contribution is 2.19. The molecule has 0 bridgehead atoms. The molecule has 0 amide bonds. The normalized spacial score (nSPS) is 14.5. The van der Waals surface area contributed by atoms with Gasteiger partial charge in [-0.3, -0.25) is 4.21 Å². The molecule has 2 atom stereocenters. The van der Waals surface area contributed by atoms with E-state index in [-0.39, 0.29) is 0 Å². The fourth-order valence-electron chi connectivity index (χ4n) is 1.52. The molecule has 17 heavy (non-hydrogen) atoms. The third-order valence-corrected chi connectivity index (χ3v) is 4.46. The van der Waals surface area contributed by atoms with Crippen LogP contribution in [-0.4, -0.2) is 22.5 Å². The Bertz CT molecular complexity index is 370. The van der Waals surface area contributed by atoms with Crippen LogP contribution in [0.25, 0.3) is 0 Å². The minimum absolute atomic E-state index is 0.404. The minimum atomic E-state index is -0.993. The van der Waals surface area contributed by atoms with Crippen molar-refractivity contribution in [2.45, 2.75) is 37.6 Å². The summed E-state index contributed by atoms with van der Waals surface area (Å²) in [5.74, 6) is 0.654. The molecule has 1 aromatic rings. The SMILES string of the molecule is CCCNC(C)CCS(=O)c1ccccc1Cl. The molecule has 0 aliphatic heterocycles. The zero-order valence-corrected chi connectivity index (χ0v) is 12.0. The van der Waals surface area contributed by atoms with Crippen molar-refractivity contribution in [2.75, 3.05) is 12.3 Å². The molecule has 0 aliphatic rings. The Morgan fingerprint density at radius 3 is 2.76 bits per heavy atom. The lowest BCUT2D eigenvalue weighted by molar-refractivity contribution is 0.533. The highest BCUT2D eigenvalue weighted by molar-refractivity contribution is 7.85. The third-order valence-electron chi connectivity index (χ3n) is 2.56. The maximum atomic E-state index is 12.0. The van der Waals surface area contributed by atoms with Crippen LogP contribution < -0.4 is 5.32 Å². The summed E-state index contributed by atoms with van der Waals surface area (Å²) in [5.41, 5.74) is 0. The molecule has 0 saturated carbocycles. The molecule has 0 heterocycles. The summed E-state index contributed by atoms with van der Waals surface area (Å²) in [5, 5.41) is 3.98. The second kappa shape index (κ2) is 7.85. The summed E-state index contributed by atoms with van der Waals surface area (Å²) in [4.78, 5) is 0.747. The van der Waals surface area contributed by atoms with Crippen LogP contribution >= 0.6 is 11.6 Å². The summed E-state index contributed by atoms with van der Waals surface area (Å²) in [7, 11) is -0.993. The molecular weight excluding hydrogens is 254 g/mol. The van der Waals surface area contributed by atoms with E-state index < -0.39 is 10.8 Å². The zero-order valence-electron chi connectivity index (χ0n) is 10.4. The van der Waals surface area contributed by atoms with E-state index in [1.165, 1.54) is 0 Å². The Morgan fingerprint density at radius 1 is 1.41 bits per heavy atom. The Hall–Kier alpha value is -0.380. The fourth-order valence-corrected chi connectivity index (χ4v) is 3.21. The lowest BCUT2D eigenvalue weighted by Gasteiger charge is -2.12. The molecule has 1 rings (SSSR count). The van der Waals surface area contributed by atoms with Gasteiger partial charge in [-0.2, -0.15) is 0 Å². The van der Waals surface area contributed by atoms with Gasteiger partial charge in [-0.15, -0.1) is 0 Å². The monoisotopic (exact) mass is 273 g/mol. The first-order chi connectivity index (χ1) is 8.15. The zero-order chi connectivity index (χ0) is 12.7. The maximum Gasteiger partial charge on any atom is 0.0574 e. The Labute approximate surface area is 111 Å². The van der Waals surface area contributed by atoms with Crippen molar-refractivity contribution >= 4 is 22.4 Å². The van der Waals surface area contributed by atoms with E-state index in [9.17, 15) is 4.21 Å². The third kappa shape index (κ3) is 5.19. The first-order valence-corrected chi connectivity index (χ1v) is 7.71. The summed E-state index contributed by atoms with van der Waals surface area (Å²) in [6, 6.07) is 7.75. The van der Waals surface area contributed by atoms with Gasteiger partial charge in [0.15, 0.2) is 0 Å². The molecule has 4 heteroatoms. The van der Waals surface area contributed by atoms with Crippen molar-refractivity contribution in [1.29, 1.82) is 0 Å². The van der Waals surface area contributed by atoms with E-state index >= 15 is 0 Å². The maximum absolute atomic E-state index is 12.0. The van der Waals surface area contributed by atoms with Crippen LogP contribution in [0.15, 0.2) is 29.2 Å². The van der Waals surface area contributed by atoms with Crippen LogP contribution in [0.3, 0.4) is 0 Å². The summed E-state index contributed by atoms with van der Waals surface area (Å²) in [6.07, 6.45) is 2.02. The van der Waals surface area contributed by atoms with Gasteiger partial charge in [-0.1, -0.05) is 30.7 Å². The van der Waals surface area contributed by atoms with Gasteiger partial charge in [0.1, 0.15) is 0 Å². The number of hydrogen-bond donors (Lipinski definition) is 1. The van der Waals surface area contributed by atoms with E-state index in [0.717, 1.165) is 24.3 Å². The van der Waals surface area contributed by atoms with Crippen LogP contribution in [0.2, 0.25) is 5.02 Å². The average molecular weight is 274 g/mol. The number of benzene rings is 1. The van der Waals surface area contributed by atoms with Crippen LogP contribution in [0.5, 0.6) is 0 Å². The van der Waals surface area contributed by atoms with Crippen molar-refractivity contribution < 1.29 is 4.21 Å². The Balaban J connectivity index is 2.42.